The summed E-state index contributed by atoms with van der Waals surface area (Å²) in [6.45, 7) is 16.1. The molecule has 3 aromatic rings. The number of benzene rings is 2. The van der Waals surface area contributed by atoms with Crippen molar-refractivity contribution in [1.29, 1.82) is 0 Å². The number of carbonyl (C=O) groups excluding carboxylic acids is 6. The number of alkyl carbamates (subject to hydrolysis) is 1. The number of piperidine rings is 1. The SMILES string of the molecule is CCCN(CCCNC(=O)OC(C)(C)C)C(=O)C1=Cc2ccc(C(=O)Nc3ccc(N4CCC(C(=O)NCCNC(=O)CC(C)(C)OCCC(C)(C)C(=O)Oc5c(F)c(F)cc(F)c5F)CC4)nc3)cc2N=C(N)C1. The number of hydrogen-bond acceptors (Lipinski definition) is 13. The maximum Gasteiger partial charge on any atom is 0.407 e. The highest BCUT2D eigenvalue weighted by atomic mass is 19.2. The number of aliphatic imine (C=N–C) groups is 1. The topological polar surface area (TPSA) is 236 Å². The fraction of sp³-hybridized carbons (Fsp3) is 0.509. The van der Waals surface area contributed by atoms with Gasteiger partial charge in [0.2, 0.25) is 35.1 Å². The minimum absolute atomic E-state index is 0.00691. The lowest BCUT2D eigenvalue weighted by molar-refractivity contribution is -0.147. The van der Waals surface area contributed by atoms with Crippen molar-refractivity contribution < 1.29 is 60.5 Å². The number of halogens is 4. The molecule has 1 aromatic heterocycles. The number of amides is 5. The Labute approximate surface area is 434 Å². The fourth-order valence-electron chi connectivity index (χ4n) is 8.04. The molecule has 0 aliphatic carbocycles. The summed E-state index contributed by atoms with van der Waals surface area (Å²) in [5.41, 5.74) is 5.63. The monoisotopic (exact) mass is 1050 g/mol. The molecule has 408 valence electrons. The summed E-state index contributed by atoms with van der Waals surface area (Å²) >= 11 is 0. The number of rotatable bonds is 22. The molecule has 3 heterocycles. The van der Waals surface area contributed by atoms with E-state index in [-0.39, 0.29) is 74.5 Å². The molecule has 0 saturated carbocycles. The minimum atomic E-state index is -1.84. The van der Waals surface area contributed by atoms with E-state index in [1.54, 1.807) is 82.1 Å². The van der Waals surface area contributed by atoms with Gasteiger partial charge in [-0.05, 0) is 111 Å². The van der Waals surface area contributed by atoms with Crippen LogP contribution in [-0.4, -0.2) is 115 Å². The summed E-state index contributed by atoms with van der Waals surface area (Å²) in [5.74, 6) is -10.1. The van der Waals surface area contributed by atoms with E-state index in [2.05, 4.69) is 36.1 Å². The highest BCUT2D eigenvalue weighted by Crippen LogP contribution is 2.32. The Bertz CT molecular complexity index is 2600. The lowest BCUT2D eigenvalue weighted by Crippen LogP contribution is -2.43. The zero-order valence-electron chi connectivity index (χ0n) is 43.9. The van der Waals surface area contributed by atoms with Gasteiger partial charge in [-0.25, -0.2) is 23.6 Å². The first kappa shape index (κ1) is 58.8. The molecule has 2 aliphatic heterocycles. The van der Waals surface area contributed by atoms with Crippen LogP contribution in [0.15, 0.2) is 53.2 Å². The van der Waals surface area contributed by atoms with Crippen molar-refractivity contribution in [2.75, 3.05) is 62.6 Å². The van der Waals surface area contributed by atoms with Crippen molar-refractivity contribution in [3.63, 3.8) is 0 Å². The zero-order valence-corrected chi connectivity index (χ0v) is 43.9. The summed E-state index contributed by atoms with van der Waals surface area (Å²) < 4.78 is 71.0. The summed E-state index contributed by atoms with van der Waals surface area (Å²) in [5, 5.41) is 11.2. The first-order valence-electron chi connectivity index (χ1n) is 25.0. The number of anilines is 2. The van der Waals surface area contributed by atoms with Crippen molar-refractivity contribution in [3.05, 3.63) is 82.6 Å². The van der Waals surface area contributed by atoms with E-state index in [0.717, 1.165) is 6.42 Å². The van der Waals surface area contributed by atoms with Crippen molar-refractivity contribution in [2.45, 2.75) is 112 Å². The number of aromatic nitrogens is 1. The maximum absolute atomic E-state index is 14.0. The molecule has 5 rings (SSSR count). The number of fused-ring (bicyclic) bond motifs is 1. The predicted octanol–water partition coefficient (Wildman–Crippen LogP) is 7.48. The van der Waals surface area contributed by atoms with Crippen LogP contribution in [0.5, 0.6) is 5.75 Å². The molecule has 0 atom stereocenters. The maximum atomic E-state index is 14.0. The number of amidine groups is 1. The van der Waals surface area contributed by atoms with Crippen molar-refractivity contribution in [1.82, 2.24) is 25.8 Å². The molecule has 22 heteroatoms. The third-order valence-corrected chi connectivity index (χ3v) is 12.2. The number of pyridine rings is 1. The molecule has 1 saturated heterocycles. The van der Waals surface area contributed by atoms with Gasteiger partial charge in [0.15, 0.2) is 11.6 Å². The van der Waals surface area contributed by atoms with Crippen LogP contribution in [0.3, 0.4) is 0 Å². The van der Waals surface area contributed by atoms with Crippen LogP contribution in [0.1, 0.15) is 116 Å². The van der Waals surface area contributed by atoms with E-state index < -0.39 is 63.6 Å². The molecule has 18 nitrogen and oxygen atoms in total. The van der Waals surface area contributed by atoms with Crippen LogP contribution < -0.4 is 36.6 Å². The van der Waals surface area contributed by atoms with E-state index in [0.29, 0.717) is 85.9 Å². The van der Waals surface area contributed by atoms with Crippen LogP contribution in [0.25, 0.3) is 6.08 Å². The standard InChI is InChI=1S/C53H69F4N9O9/c1-9-21-66(22-10-18-61-50(72)75-51(2,3)4)48(70)35-26-33-11-12-34(27-39(33)64-40(58)28-35)47(69)63-36-13-14-41(62-31-36)65-23-15-32(16-24-65)46(68)60-20-19-59-42(67)30-53(7,8)73-25-17-52(5,6)49(71)74-45-43(56)37(54)29-38(55)44(45)57/h11-14,26-27,29,31-32H,9-10,15-25,28,30H2,1-8H3,(H2,58,64)(H,59,67)(H,60,68)(H,61,72)(H,63,69). The van der Waals surface area contributed by atoms with Crippen LogP contribution in [0.4, 0.5) is 39.5 Å². The largest absolute Gasteiger partial charge is 0.444 e. The van der Waals surface area contributed by atoms with Gasteiger partial charge in [-0.3, -0.25) is 24.0 Å². The molecule has 0 bridgehead atoms. The molecule has 0 radical (unpaired) electrons. The summed E-state index contributed by atoms with van der Waals surface area (Å²) in [6, 6.07) is 8.53. The Morgan fingerprint density at radius 2 is 1.53 bits per heavy atom. The van der Waals surface area contributed by atoms with Crippen LogP contribution in [0.2, 0.25) is 0 Å². The highest BCUT2D eigenvalue weighted by molar-refractivity contribution is 6.08. The lowest BCUT2D eigenvalue weighted by atomic mass is 9.90. The molecule has 75 heavy (non-hydrogen) atoms. The van der Waals surface area contributed by atoms with Gasteiger partial charge in [0.25, 0.3) is 5.91 Å². The molecule has 5 amide bonds. The van der Waals surface area contributed by atoms with Crippen LogP contribution in [-0.2, 0) is 28.7 Å². The van der Waals surface area contributed by atoms with E-state index in [1.165, 1.54) is 13.8 Å². The first-order chi connectivity index (χ1) is 35.2. The molecule has 6 N–H and O–H groups in total. The van der Waals surface area contributed by atoms with Gasteiger partial charge >= 0.3 is 12.1 Å². The predicted molar refractivity (Wildman–Crippen MR) is 274 cm³/mol. The minimum Gasteiger partial charge on any atom is -0.444 e. The van der Waals surface area contributed by atoms with Crippen molar-refractivity contribution in [3.8, 4) is 5.75 Å². The molecule has 0 unspecified atom stereocenters. The Morgan fingerprint density at radius 1 is 0.853 bits per heavy atom. The molecule has 1 fully saturated rings. The van der Waals surface area contributed by atoms with E-state index >= 15 is 0 Å². The van der Waals surface area contributed by atoms with Gasteiger partial charge in [0.05, 0.1) is 35.0 Å². The van der Waals surface area contributed by atoms with Crippen LogP contribution in [0, 0.1) is 34.6 Å². The number of nitrogens with zero attached hydrogens (tertiary/aromatic N) is 4. The third kappa shape index (κ3) is 17.5. The first-order valence-corrected chi connectivity index (χ1v) is 25.0. The lowest BCUT2D eigenvalue weighted by Gasteiger charge is -2.32. The summed E-state index contributed by atoms with van der Waals surface area (Å²) in [6.07, 6.45) is 5.21. The van der Waals surface area contributed by atoms with Gasteiger partial charge < -0.3 is 51.0 Å². The smallest absolute Gasteiger partial charge is 0.407 e. The summed E-state index contributed by atoms with van der Waals surface area (Å²) in [7, 11) is 0. The van der Waals surface area contributed by atoms with Gasteiger partial charge in [0, 0.05) is 87.5 Å². The Kier molecular flexibility index (Phi) is 20.3. The summed E-state index contributed by atoms with van der Waals surface area (Å²) in [4.78, 5) is 90.5. The molecule has 0 spiro atoms. The van der Waals surface area contributed by atoms with E-state index in [1.807, 2.05) is 6.92 Å². The Hall–Kier alpha value is -7.10. The second-order valence-corrected chi connectivity index (χ2v) is 20.7. The number of hydrogen-bond donors (Lipinski definition) is 5. The number of carbonyl (C=O) groups is 6. The second kappa shape index (κ2) is 25.9. The molecule has 2 aromatic carbocycles. The highest BCUT2D eigenvalue weighted by Gasteiger charge is 2.34. The van der Waals surface area contributed by atoms with E-state index in [9.17, 15) is 46.3 Å². The second-order valence-electron chi connectivity index (χ2n) is 20.7. The normalized spacial score (nSPS) is 14.1. The molecular formula is C53H69F4N9O9. The van der Waals surface area contributed by atoms with Gasteiger partial charge in [-0.2, -0.15) is 8.78 Å². The van der Waals surface area contributed by atoms with Crippen molar-refractivity contribution in [2.24, 2.45) is 22.1 Å². The number of ether oxygens (including phenoxy) is 3. The molecule has 2 aliphatic rings. The van der Waals surface area contributed by atoms with Gasteiger partial charge in [0.1, 0.15) is 17.3 Å². The quantitative estimate of drug-likeness (QED) is 0.0217. The number of nitrogens with one attached hydrogen (secondary N) is 4. The number of nitrogens with two attached hydrogens (primary N) is 1. The third-order valence-electron chi connectivity index (χ3n) is 12.2. The Morgan fingerprint density at radius 3 is 2.17 bits per heavy atom. The Balaban J connectivity index is 1.01. The van der Waals surface area contributed by atoms with Crippen LogP contribution >= 0.6 is 0 Å². The fourth-order valence-corrected chi connectivity index (χ4v) is 8.04. The average molecular weight is 1050 g/mol. The number of esters is 1. The van der Waals surface area contributed by atoms with Crippen molar-refractivity contribution >= 4 is 64.8 Å². The average Bonchev–Trinajstić information content (AvgIpc) is 3.51. The molecular weight excluding hydrogens is 983 g/mol. The van der Waals surface area contributed by atoms with E-state index in [4.69, 9.17) is 19.9 Å². The zero-order chi connectivity index (χ0) is 55.3. The van der Waals surface area contributed by atoms with Gasteiger partial charge in [-0.15, -0.1) is 0 Å². The van der Waals surface area contributed by atoms with Gasteiger partial charge in [-0.1, -0.05) is 13.0 Å².